The van der Waals surface area contributed by atoms with E-state index in [1.54, 1.807) is 54.2 Å². The Balaban J connectivity index is -0.000000164. The summed E-state index contributed by atoms with van der Waals surface area (Å²) in [6, 6.07) is 0.341. The van der Waals surface area contributed by atoms with Crippen molar-refractivity contribution >= 4 is 60.8 Å². The molecule has 0 unspecified atom stereocenters. The second-order valence-corrected chi connectivity index (χ2v) is 13.0. The van der Waals surface area contributed by atoms with Crippen molar-refractivity contribution in [2.75, 3.05) is 137 Å². The van der Waals surface area contributed by atoms with Crippen LogP contribution in [0.4, 0.5) is 0 Å². The first-order chi connectivity index (χ1) is 26.9. The maximum Gasteiger partial charge on any atom is 0.242 e. The molecule has 0 aliphatic rings. The minimum Gasteiger partial charge on any atom is -0.368 e. The summed E-state index contributed by atoms with van der Waals surface area (Å²) in [4.78, 5) is 120. The number of carbonyl (C=O) groups is 10. The highest BCUT2D eigenvalue weighted by molar-refractivity contribution is 5.88. The van der Waals surface area contributed by atoms with E-state index in [1.165, 1.54) is 38.6 Å². The van der Waals surface area contributed by atoms with Crippen LogP contribution in [-0.4, -0.2) is 243 Å². The number of carbonyl (C=O) groups excluding carboxylic acids is 10. The molecule has 0 rings (SSSR count). The Morgan fingerprint density at radius 1 is 0.500 bits per heavy atom. The summed E-state index contributed by atoms with van der Waals surface area (Å²) in [6.07, 6.45) is 3.30. The smallest absolute Gasteiger partial charge is 0.242 e. The second-order valence-electron chi connectivity index (χ2n) is 13.0. The summed E-state index contributed by atoms with van der Waals surface area (Å²) in [6.45, 7) is 9.71. The Kier molecular flexibility index (Phi) is 48.2. The first-order valence-electron chi connectivity index (χ1n) is 18.5. The minimum atomic E-state index is -0.615. The van der Waals surface area contributed by atoms with Crippen LogP contribution in [0, 0.1) is 0 Å². The van der Waals surface area contributed by atoms with Gasteiger partial charge in [-0.1, -0.05) is 13.8 Å². The van der Waals surface area contributed by atoms with E-state index in [-0.39, 0.29) is 75.2 Å². The molecule has 0 bridgehead atoms. The van der Waals surface area contributed by atoms with Crippen molar-refractivity contribution in [3.63, 3.8) is 0 Å². The van der Waals surface area contributed by atoms with Gasteiger partial charge in [0.15, 0.2) is 0 Å². The lowest BCUT2D eigenvalue weighted by Crippen LogP contribution is -2.43. The lowest BCUT2D eigenvalue weighted by atomic mass is 10.3. The van der Waals surface area contributed by atoms with Gasteiger partial charge in [-0.25, -0.2) is 0 Å². The highest BCUT2D eigenvalue weighted by atomic mass is 16.2. The number of amides is 8. The Morgan fingerprint density at radius 3 is 1.19 bits per heavy atom. The van der Waals surface area contributed by atoms with Crippen LogP contribution in [0.1, 0.15) is 40.5 Å². The van der Waals surface area contributed by atoms with E-state index >= 15 is 0 Å². The van der Waals surface area contributed by atoms with Gasteiger partial charge >= 0.3 is 0 Å². The quantitative estimate of drug-likeness (QED) is 0.0986. The van der Waals surface area contributed by atoms with Crippen LogP contribution < -0.4 is 16.4 Å². The molecule has 0 spiro atoms. The van der Waals surface area contributed by atoms with Gasteiger partial charge in [0.2, 0.25) is 48.3 Å². The molecule has 340 valence electrons. The summed E-state index contributed by atoms with van der Waals surface area (Å²) >= 11 is 0. The number of primary amides is 1. The predicted molar refractivity (Wildman–Crippen MR) is 225 cm³/mol. The molecule has 21 heteroatoms. The highest BCUT2D eigenvalue weighted by Gasteiger charge is 2.18. The van der Waals surface area contributed by atoms with E-state index in [1.807, 2.05) is 58.6 Å². The zero-order chi connectivity index (χ0) is 47.0. The molecule has 8 amide bonds. The average Bonchev–Trinajstić information content (AvgIpc) is 3.16. The van der Waals surface area contributed by atoms with E-state index in [2.05, 4.69) is 10.6 Å². The van der Waals surface area contributed by atoms with E-state index in [4.69, 9.17) is 15.3 Å². The molecule has 0 aliphatic carbocycles. The number of nitrogens with one attached hydrogen (secondary N) is 2. The number of likely N-dealkylation sites (N-methyl/N-ethyl adjacent to an activating group) is 7. The van der Waals surface area contributed by atoms with Gasteiger partial charge in [-0.15, -0.1) is 0 Å². The topological polar surface area (TPSA) is 247 Å². The number of hydrogen-bond donors (Lipinski definition) is 3. The first-order valence-corrected chi connectivity index (χ1v) is 18.5. The van der Waals surface area contributed by atoms with Gasteiger partial charge in [0.05, 0.1) is 39.3 Å². The number of rotatable bonds is 21. The van der Waals surface area contributed by atoms with Gasteiger partial charge in [-0.05, 0) is 49.1 Å². The predicted octanol–water partition coefficient (Wildman–Crippen LogP) is -2.87. The second kappa shape index (κ2) is 43.1. The van der Waals surface area contributed by atoms with Crippen LogP contribution in [0.15, 0.2) is 0 Å². The fourth-order valence-electron chi connectivity index (χ4n) is 3.16. The highest BCUT2D eigenvalue weighted by Crippen LogP contribution is 1.98. The van der Waals surface area contributed by atoms with Crippen molar-refractivity contribution in [3.05, 3.63) is 0 Å². The summed E-state index contributed by atoms with van der Waals surface area (Å²) < 4.78 is 0. The number of aldehydes is 2. The molecule has 0 saturated carbocycles. The van der Waals surface area contributed by atoms with Crippen LogP contribution >= 0.6 is 0 Å². The number of nitrogens with two attached hydrogens (primary N) is 1. The third kappa shape index (κ3) is 45.4. The SMILES string of the molecule is CC.CC(C)N(C)CC(=O)N(C)CC=O.CN(C)CC(=O)N(C)CCC(=O)N(C)CC(=O)N(C)CC(N)=O.CN(C)CCC(=O)N(C)CC=O.CNC=O.CNC=O. The minimum absolute atomic E-state index is 0.0100. The normalized spacial score (nSPS) is 9.38. The molecule has 0 aromatic heterocycles. The molecule has 0 fully saturated rings. The Hall–Kier alpha value is -5.02. The standard InChI is InChI=1S/C14H27N5O4.C9H18N2O2.C8H16N2O2.2C2H5NO.C2H6/c1-16(2)9-13(22)17(3)7-6-12(21)19(5)10-14(23)18(4)8-11(15)20;1-8(2)11(4)7-9(13)10(3)5-6-12;1-9(2)5-4-8(12)10(3)6-7-11;2*1-3-2-4;1-2/h6-10H2,1-5H3,(H2,15,20);6,8H,5,7H2,1-4H3;7H,4-6H2,1-3H3;2*2H,1H3,(H,3,4);1-2H3. The van der Waals surface area contributed by atoms with E-state index in [0.717, 1.165) is 19.1 Å². The van der Waals surface area contributed by atoms with E-state index in [9.17, 15) is 38.4 Å². The monoisotopic (exact) mass is 836 g/mol. The van der Waals surface area contributed by atoms with Crippen molar-refractivity contribution in [3.8, 4) is 0 Å². The van der Waals surface area contributed by atoms with Gasteiger partial charge in [0, 0.05) is 81.3 Å². The molecule has 0 aromatic carbocycles. The van der Waals surface area contributed by atoms with Crippen LogP contribution in [-0.2, 0) is 47.9 Å². The molecule has 0 radical (unpaired) electrons. The van der Waals surface area contributed by atoms with Gasteiger partial charge < -0.3 is 60.3 Å². The molecular weight excluding hydrogens is 758 g/mol. The largest absolute Gasteiger partial charge is 0.368 e. The maximum absolute atomic E-state index is 12.0. The van der Waals surface area contributed by atoms with Gasteiger partial charge in [0.1, 0.15) is 12.6 Å². The molecule has 4 N–H and O–H groups in total. The van der Waals surface area contributed by atoms with Crippen molar-refractivity contribution < 1.29 is 47.9 Å². The molecule has 0 aliphatic heterocycles. The maximum atomic E-state index is 12.0. The molecule has 0 saturated heterocycles. The zero-order valence-electron chi connectivity index (χ0n) is 38.2. The van der Waals surface area contributed by atoms with Gasteiger partial charge in [-0.2, -0.15) is 0 Å². The van der Waals surface area contributed by atoms with Crippen LogP contribution in [0.5, 0.6) is 0 Å². The Bertz CT molecular complexity index is 1150. The fraction of sp³-hybridized carbons (Fsp3) is 0.730. The third-order valence-corrected chi connectivity index (χ3v) is 6.98. The lowest BCUT2D eigenvalue weighted by molar-refractivity contribution is -0.140. The van der Waals surface area contributed by atoms with Crippen LogP contribution in [0.25, 0.3) is 0 Å². The van der Waals surface area contributed by atoms with E-state index in [0.29, 0.717) is 31.8 Å². The zero-order valence-corrected chi connectivity index (χ0v) is 38.2. The molecule has 21 nitrogen and oxygen atoms in total. The molecule has 58 heavy (non-hydrogen) atoms. The summed E-state index contributed by atoms with van der Waals surface area (Å²) in [7, 11) is 20.2. The summed E-state index contributed by atoms with van der Waals surface area (Å²) in [5.41, 5.74) is 5.01. The molecular formula is C37H77N11O10. The molecule has 0 heterocycles. The number of hydrogen-bond acceptors (Lipinski definition) is 13. The van der Waals surface area contributed by atoms with Crippen molar-refractivity contribution in [1.82, 2.24) is 49.8 Å². The Labute approximate surface area is 347 Å². The summed E-state index contributed by atoms with van der Waals surface area (Å²) in [5, 5.41) is 4.50. The van der Waals surface area contributed by atoms with Crippen molar-refractivity contribution in [2.24, 2.45) is 5.73 Å². The van der Waals surface area contributed by atoms with Crippen LogP contribution in [0.2, 0.25) is 0 Å². The molecule has 0 aromatic rings. The summed E-state index contributed by atoms with van der Waals surface area (Å²) in [5.74, 6) is -1.34. The van der Waals surface area contributed by atoms with Gasteiger partial charge in [-0.3, -0.25) is 43.3 Å². The third-order valence-electron chi connectivity index (χ3n) is 6.98. The number of nitrogens with zero attached hydrogens (tertiary/aromatic N) is 8. The van der Waals surface area contributed by atoms with Crippen LogP contribution in [0.3, 0.4) is 0 Å². The first kappa shape index (κ1) is 64.9. The van der Waals surface area contributed by atoms with E-state index < -0.39 is 5.91 Å². The average molecular weight is 836 g/mol. The molecule has 0 atom stereocenters. The fourth-order valence-corrected chi connectivity index (χ4v) is 3.16. The van der Waals surface area contributed by atoms with Gasteiger partial charge in [0.25, 0.3) is 0 Å². The Morgan fingerprint density at radius 2 is 0.845 bits per heavy atom. The lowest BCUT2D eigenvalue weighted by Gasteiger charge is -2.23. The van der Waals surface area contributed by atoms with Crippen molar-refractivity contribution in [1.29, 1.82) is 0 Å². The van der Waals surface area contributed by atoms with Crippen molar-refractivity contribution in [2.45, 2.75) is 46.6 Å².